The molecule has 166 valence electrons. The number of methoxy groups -OCH3 is 2. The summed E-state index contributed by atoms with van der Waals surface area (Å²) < 4.78 is 10.3. The molecule has 2 amide bonds. The van der Waals surface area contributed by atoms with E-state index in [4.69, 9.17) is 9.47 Å². The van der Waals surface area contributed by atoms with E-state index in [2.05, 4.69) is 10.2 Å². The molecule has 0 bridgehead atoms. The van der Waals surface area contributed by atoms with Gasteiger partial charge in [0.1, 0.15) is 11.5 Å². The zero-order valence-electron chi connectivity index (χ0n) is 18.4. The van der Waals surface area contributed by atoms with Crippen LogP contribution in [0.25, 0.3) is 0 Å². The summed E-state index contributed by atoms with van der Waals surface area (Å²) in [7, 11) is 5.11. The third-order valence-corrected chi connectivity index (χ3v) is 5.36. The van der Waals surface area contributed by atoms with E-state index in [0.29, 0.717) is 25.3 Å². The fraction of sp³-hybridized carbons (Fsp3) is 0.391. The zero-order chi connectivity index (χ0) is 22.2. The van der Waals surface area contributed by atoms with E-state index in [1.807, 2.05) is 36.2 Å². The lowest BCUT2D eigenvalue weighted by atomic mass is 10.2. The molecule has 1 unspecified atom stereocenters. The maximum absolute atomic E-state index is 12.7. The van der Waals surface area contributed by atoms with Crippen LogP contribution in [0.4, 0.5) is 11.4 Å². The van der Waals surface area contributed by atoms with Crippen molar-refractivity contribution in [3.63, 3.8) is 0 Å². The number of hydrogen-bond acceptors (Lipinski definition) is 5. The van der Waals surface area contributed by atoms with Crippen molar-refractivity contribution in [1.29, 1.82) is 0 Å². The maximum Gasteiger partial charge on any atom is 0.279 e. The Morgan fingerprint density at radius 2 is 1.42 bits per heavy atom. The minimum absolute atomic E-state index is 0.0733. The summed E-state index contributed by atoms with van der Waals surface area (Å²) in [6.45, 7) is 3.44. The number of carbonyl (C=O) groups excluding carboxylic acids is 2. The van der Waals surface area contributed by atoms with Gasteiger partial charge in [-0.3, -0.25) is 9.59 Å². The molecule has 0 aliphatic carbocycles. The Bertz CT molecular complexity index is 862. The molecule has 0 radical (unpaired) electrons. The Balaban J connectivity index is 1.41. The average Bonchev–Trinajstić information content (AvgIpc) is 2.79. The number of amides is 2. The zero-order valence-corrected chi connectivity index (χ0v) is 18.4. The van der Waals surface area contributed by atoms with Gasteiger partial charge in [0, 0.05) is 37.6 Å². The van der Waals surface area contributed by atoms with Gasteiger partial charge in [0.2, 0.25) is 0 Å². The molecule has 1 heterocycles. The number of ether oxygens (including phenoxy) is 2. The van der Waals surface area contributed by atoms with Gasteiger partial charge < -0.3 is 29.5 Å². The Labute approximate surface area is 183 Å². The summed E-state index contributed by atoms with van der Waals surface area (Å²) >= 11 is 0. The Kier molecular flexibility index (Phi) is 7.72. The van der Waals surface area contributed by atoms with Crippen molar-refractivity contribution in [2.75, 3.05) is 70.8 Å². The van der Waals surface area contributed by atoms with Gasteiger partial charge in [-0.05, 0) is 48.5 Å². The summed E-state index contributed by atoms with van der Waals surface area (Å²) in [6.07, 6.45) is 0. The summed E-state index contributed by atoms with van der Waals surface area (Å²) in [4.78, 5) is 29.9. The molecule has 31 heavy (non-hydrogen) atoms. The molecule has 1 saturated heterocycles. The topological polar surface area (TPSA) is 75.5 Å². The fourth-order valence-corrected chi connectivity index (χ4v) is 3.59. The van der Waals surface area contributed by atoms with E-state index in [1.165, 1.54) is 0 Å². The molecule has 0 aromatic heterocycles. The highest BCUT2D eigenvalue weighted by atomic mass is 16.5. The van der Waals surface area contributed by atoms with E-state index in [1.54, 1.807) is 38.5 Å². The molecule has 1 atom stereocenters. The van der Waals surface area contributed by atoms with Crippen LogP contribution in [0.15, 0.2) is 48.5 Å². The fourth-order valence-electron chi connectivity index (χ4n) is 3.59. The van der Waals surface area contributed by atoms with E-state index < -0.39 is 0 Å². The molecule has 3 rings (SSSR count). The number of quaternary nitrogens is 1. The van der Waals surface area contributed by atoms with Crippen molar-refractivity contribution < 1.29 is 24.0 Å². The van der Waals surface area contributed by atoms with Crippen molar-refractivity contribution in [3.8, 4) is 11.5 Å². The second-order valence-electron chi connectivity index (χ2n) is 7.65. The first-order chi connectivity index (χ1) is 15.0. The number of nitrogens with one attached hydrogen (secondary N) is 2. The lowest BCUT2D eigenvalue weighted by Crippen LogP contribution is -3.11. The largest absolute Gasteiger partial charge is 0.497 e. The van der Waals surface area contributed by atoms with Gasteiger partial charge in [-0.1, -0.05) is 0 Å². The van der Waals surface area contributed by atoms with Gasteiger partial charge >= 0.3 is 0 Å². The van der Waals surface area contributed by atoms with Crippen LogP contribution >= 0.6 is 0 Å². The van der Waals surface area contributed by atoms with Crippen LogP contribution in [-0.4, -0.2) is 77.3 Å². The molecule has 2 aromatic rings. The highest BCUT2D eigenvalue weighted by Gasteiger charge is 2.24. The number of benzene rings is 2. The van der Waals surface area contributed by atoms with Gasteiger partial charge in [-0.25, -0.2) is 0 Å². The quantitative estimate of drug-likeness (QED) is 0.642. The lowest BCUT2D eigenvalue weighted by Gasteiger charge is -2.36. The number of anilines is 2. The van der Waals surface area contributed by atoms with Crippen LogP contribution < -0.4 is 24.6 Å². The van der Waals surface area contributed by atoms with Crippen molar-refractivity contribution >= 4 is 23.2 Å². The number of likely N-dealkylation sites (N-methyl/N-ethyl adjacent to an activating group) is 1. The minimum atomic E-state index is -0.125. The van der Waals surface area contributed by atoms with Crippen LogP contribution in [0.3, 0.4) is 0 Å². The molecule has 8 nitrogen and oxygen atoms in total. The third kappa shape index (κ3) is 6.36. The van der Waals surface area contributed by atoms with Crippen LogP contribution in [0.1, 0.15) is 0 Å². The summed E-state index contributed by atoms with van der Waals surface area (Å²) in [6, 6.07) is 15.1. The van der Waals surface area contributed by atoms with E-state index in [9.17, 15) is 9.59 Å². The predicted molar refractivity (Wildman–Crippen MR) is 120 cm³/mol. The average molecular weight is 428 g/mol. The van der Waals surface area contributed by atoms with Crippen molar-refractivity contribution in [2.24, 2.45) is 0 Å². The molecule has 8 heteroatoms. The van der Waals surface area contributed by atoms with Gasteiger partial charge in [-0.15, -0.1) is 0 Å². The second kappa shape index (κ2) is 10.7. The maximum atomic E-state index is 12.7. The SMILES string of the molecule is COc1ccc(NC(=O)C[NH+](C)CC(=O)N2CCN(c3ccc(OC)cc3)CC2)cc1. The summed E-state index contributed by atoms with van der Waals surface area (Å²) in [5.41, 5.74) is 1.84. The molecule has 0 spiro atoms. The van der Waals surface area contributed by atoms with Crippen LogP contribution in [0, 0.1) is 0 Å². The first-order valence-electron chi connectivity index (χ1n) is 10.4. The molecule has 1 aliphatic rings. The number of hydrogen-bond donors (Lipinski definition) is 2. The normalized spacial score (nSPS) is 14.7. The molecular formula is C23H31N4O4+. The van der Waals surface area contributed by atoms with Crippen molar-refractivity contribution in [2.45, 2.75) is 0 Å². The first kappa shape index (κ1) is 22.4. The highest BCUT2D eigenvalue weighted by molar-refractivity contribution is 5.91. The first-order valence-corrected chi connectivity index (χ1v) is 10.4. The number of rotatable bonds is 8. The Morgan fingerprint density at radius 1 is 0.871 bits per heavy atom. The number of nitrogens with zero attached hydrogens (tertiary/aromatic N) is 2. The van der Waals surface area contributed by atoms with E-state index >= 15 is 0 Å². The van der Waals surface area contributed by atoms with E-state index in [0.717, 1.165) is 35.2 Å². The third-order valence-electron chi connectivity index (χ3n) is 5.36. The van der Waals surface area contributed by atoms with Gasteiger partial charge in [0.05, 0.1) is 21.3 Å². The van der Waals surface area contributed by atoms with Crippen LogP contribution in [-0.2, 0) is 9.59 Å². The number of piperazine rings is 1. The summed E-state index contributed by atoms with van der Waals surface area (Å²) in [5.74, 6) is 1.52. The van der Waals surface area contributed by atoms with Crippen LogP contribution in [0.2, 0.25) is 0 Å². The highest BCUT2D eigenvalue weighted by Crippen LogP contribution is 2.20. The molecule has 1 fully saturated rings. The van der Waals surface area contributed by atoms with Crippen molar-refractivity contribution in [3.05, 3.63) is 48.5 Å². The van der Waals surface area contributed by atoms with Gasteiger partial charge in [-0.2, -0.15) is 0 Å². The Hall–Kier alpha value is -3.26. The standard InChI is InChI=1S/C23H30N4O4/c1-25(16-22(28)24-18-4-8-20(30-2)9-5-18)17-23(29)27-14-12-26(13-15-27)19-6-10-21(31-3)11-7-19/h4-11H,12-17H2,1-3H3,(H,24,28)/p+1. The van der Waals surface area contributed by atoms with Gasteiger partial charge in [0.25, 0.3) is 11.8 Å². The molecule has 0 saturated carbocycles. The Morgan fingerprint density at radius 3 is 1.97 bits per heavy atom. The number of carbonyl (C=O) groups is 2. The molecule has 1 aliphatic heterocycles. The van der Waals surface area contributed by atoms with Crippen molar-refractivity contribution in [1.82, 2.24) is 4.90 Å². The minimum Gasteiger partial charge on any atom is -0.497 e. The molecule has 2 aromatic carbocycles. The molecular weight excluding hydrogens is 396 g/mol. The van der Waals surface area contributed by atoms with Crippen LogP contribution in [0.5, 0.6) is 11.5 Å². The van der Waals surface area contributed by atoms with E-state index in [-0.39, 0.29) is 18.4 Å². The smallest absolute Gasteiger partial charge is 0.279 e. The molecule has 2 N–H and O–H groups in total. The summed E-state index contributed by atoms with van der Waals surface area (Å²) in [5, 5.41) is 2.85. The second-order valence-corrected chi connectivity index (χ2v) is 7.65. The predicted octanol–water partition coefficient (Wildman–Crippen LogP) is 0.506. The van der Waals surface area contributed by atoms with Gasteiger partial charge in [0.15, 0.2) is 13.1 Å². The lowest BCUT2D eigenvalue weighted by molar-refractivity contribution is -0.862. The monoisotopic (exact) mass is 427 g/mol.